The molecule has 0 spiro atoms. The van der Waals surface area contributed by atoms with E-state index in [0.29, 0.717) is 12.6 Å². The van der Waals surface area contributed by atoms with E-state index in [1.807, 2.05) is 36.2 Å². The summed E-state index contributed by atoms with van der Waals surface area (Å²) in [6.45, 7) is 0.525. The Kier molecular flexibility index (Phi) is 3.31. The zero-order valence-electron chi connectivity index (χ0n) is 11.5. The van der Waals surface area contributed by atoms with Crippen LogP contribution >= 0.6 is 0 Å². The third-order valence-corrected chi connectivity index (χ3v) is 4.41. The maximum Gasteiger partial charge on any atom is 0.253 e. The first-order valence-corrected chi connectivity index (χ1v) is 7.27. The Labute approximate surface area is 114 Å². The first-order valence-electron chi connectivity index (χ1n) is 7.27. The monoisotopic (exact) mass is 258 g/mol. The molecule has 0 bridgehead atoms. The second kappa shape index (κ2) is 4.97. The minimum atomic E-state index is 0.160. The van der Waals surface area contributed by atoms with Gasteiger partial charge in [-0.05, 0) is 55.2 Å². The Morgan fingerprint density at radius 2 is 1.74 bits per heavy atom. The van der Waals surface area contributed by atoms with E-state index in [1.165, 1.54) is 25.7 Å². The summed E-state index contributed by atoms with van der Waals surface area (Å²) < 4.78 is 0. The van der Waals surface area contributed by atoms with Crippen molar-refractivity contribution in [3.63, 3.8) is 0 Å². The van der Waals surface area contributed by atoms with Crippen molar-refractivity contribution in [2.45, 2.75) is 38.3 Å². The van der Waals surface area contributed by atoms with Gasteiger partial charge in [0.1, 0.15) is 0 Å². The molecule has 0 aromatic heterocycles. The normalized spacial score (nSPS) is 18.7. The van der Waals surface area contributed by atoms with Crippen LogP contribution in [0.3, 0.4) is 0 Å². The zero-order chi connectivity index (χ0) is 13.4. The van der Waals surface area contributed by atoms with Gasteiger partial charge in [-0.25, -0.2) is 0 Å². The topological polar surface area (TPSA) is 46.3 Å². The van der Waals surface area contributed by atoms with Crippen molar-refractivity contribution in [2.75, 3.05) is 7.05 Å². The van der Waals surface area contributed by atoms with Crippen molar-refractivity contribution in [2.24, 2.45) is 17.6 Å². The molecule has 102 valence electrons. The highest BCUT2D eigenvalue weighted by molar-refractivity contribution is 5.94. The van der Waals surface area contributed by atoms with Crippen molar-refractivity contribution in [3.05, 3.63) is 35.4 Å². The Hall–Kier alpha value is -1.35. The van der Waals surface area contributed by atoms with Gasteiger partial charge in [0.05, 0.1) is 0 Å². The van der Waals surface area contributed by atoms with E-state index in [2.05, 4.69) is 0 Å². The Morgan fingerprint density at radius 3 is 2.16 bits per heavy atom. The molecule has 2 aliphatic rings. The summed E-state index contributed by atoms with van der Waals surface area (Å²) in [5.74, 6) is 1.67. The van der Waals surface area contributed by atoms with Crippen molar-refractivity contribution in [3.8, 4) is 0 Å². The first kappa shape index (κ1) is 12.7. The van der Waals surface area contributed by atoms with Crippen molar-refractivity contribution < 1.29 is 4.79 Å². The van der Waals surface area contributed by atoms with Crippen LogP contribution < -0.4 is 5.73 Å². The van der Waals surface area contributed by atoms with Gasteiger partial charge < -0.3 is 10.6 Å². The number of carbonyl (C=O) groups is 1. The van der Waals surface area contributed by atoms with Crippen LogP contribution in [0, 0.1) is 11.8 Å². The first-order chi connectivity index (χ1) is 9.20. The standard InChI is InChI=1S/C16H22N2O/c1-18(15(12-6-7-12)13-8-9-13)16(19)14-4-2-11(10-17)3-5-14/h2-5,12-13,15H,6-10,17H2,1H3. The molecule has 3 nitrogen and oxygen atoms in total. The average Bonchev–Trinajstić information content (AvgIpc) is 3.32. The molecule has 2 saturated carbocycles. The molecule has 0 aliphatic heterocycles. The summed E-state index contributed by atoms with van der Waals surface area (Å²) in [5, 5.41) is 0. The van der Waals surface area contributed by atoms with E-state index in [0.717, 1.165) is 23.0 Å². The second-order valence-corrected chi connectivity index (χ2v) is 5.98. The van der Waals surface area contributed by atoms with Crippen molar-refractivity contribution in [1.82, 2.24) is 4.90 Å². The Balaban J connectivity index is 1.73. The number of hydrogen-bond acceptors (Lipinski definition) is 2. The predicted molar refractivity (Wildman–Crippen MR) is 75.7 cm³/mol. The third kappa shape index (κ3) is 2.66. The lowest BCUT2D eigenvalue weighted by atomic mass is 10.0. The minimum Gasteiger partial charge on any atom is -0.338 e. The van der Waals surface area contributed by atoms with Crippen molar-refractivity contribution >= 4 is 5.91 Å². The van der Waals surface area contributed by atoms with Gasteiger partial charge >= 0.3 is 0 Å². The second-order valence-electron chi connectivity index (χ2n) is 5.98. The molecule has 1 amide bonds. The number of nitrogens with two attached hydrogens (primary N) is 1. The average molecular weight is 258 g/mol. The fourth-order valence-electron chi connectivity index (χ4n) is 3.02. The van der Waals surface area contributed by atoms with Crippen molar-refractivity contribution in [1.29, 1.82) is 0 Å². The number of benzene rings is 1. The molecule has 3 heteroatoms. The lowest BCUT2D eigenvalue weighted by Crippen LogP contribution is -2.40. The number of hydrogen-bond donors (Lipinski definition) is 1. The summed E-state index contributed by atoms with van der Waals surface area (Å²) >= 11 is 0. The van der Waals surface area contributed by atoms with Crippen LogP contribution in [-0.4, -0.2) is 23.9 Å². The van der Waals surface area contributed by atoms with Crippen LogP contribution in [0.4, 0.5) is 0 Å². The Morgan fingerprint density at radius 1 is 1.21 bits per heavy atom. The van der Waals surface area contributed by atoms with E-state index < -0.39 is 0 Å². The predicted octanol–water partition coefficient (Wildman–Crippen LogP) is 2.41. The van der Waals surface area contributed by atoms with E-state index in [9.17, 15) is 4.79 Å². The molecule has 0 radical (unpaired) electrons. The molecule has 1 aromatic carbocycles. The SMILES string of the molecule is CN(C(=O)c1ccc(CN)cc1)C(C1CC1)C1CC1. The molecule has 2 fully saturated rings. The maximum absolute atomic E-state index is 12.5. The molecule has 2 N–H and O–H groups in total. The highest BCUT2D eigenvalue weighted by Gasteiger charge is 2.44. The fourth-order valence-corrected chi connectivity index (χ4v) is 3.02. The van der Waals surface area contributed by atoms with Gasteiger partial charge in [-0.15, -0.1) is 0 Å². The number of nitrogens with zero attached hydrogens (tertiary/aromatic N) is 1. The van der Waals surface area contributed by atoms with Gasteiger partial charge in [0.25, 0.3) is 5.91 Å². The molecule has 0 saturated heterocycles. The summed E-state index contributed by atoms with van der Waals surface area (Å²) in [5.41, 5.74) is 7.44. The van der Waals surface area contributed by atoms with Gasteiger partial charge in [0.2, 0.25) is 0 Å². The van der Waals surface area contributed by atoms with E-state index >= 15 is 0 Å². The lowest BCUT2D eigenvalue weighted by molar-refractivity contribution is 0.0690. The largest absolute Gasteiger partial charge is 0.338 e. The van der Waals surface area contributed by atoms with Gasteiger partial charge in [0.15, 0.2) is 0 Å². The summed E-state index contributed by atoms with van der Waals surface area (Å²) in [6.07, 6.45) is 5.19. The van der Waals surface area contributed by atoms with Crippen LogP contribution in [0.25, 0.3) is 0 Å². The molecule has 0 heterocycles. The van der Waals surface area contributed by atoms with E-state index in [-0.39, 0.29) is 5.91 Å². The number of amides is 1. The molecule has 3 rings (SSSR count). The lowest BCUT2D eigenvalue weighted by Gasteiger charge is -2.28. The van der Waals surface area contributed by atoms with Gasteiger partial charge in [-0.3, -0.25) is 4.79 Å². The zero-order valence-corrected chi connectivity index (χ0v) is 11.5. The van der Waals surface area contributed by atoms with Gasteiger partial charge in [-0.2, -0.15) is 0 Å². The Bertz CT molecular complexity index is 448. The van der Waals surface area contributed by atoms with E-state index in [4.69, 9.17) is 5.73 Å². The molecule has 19 heavy (non-hydrogen) atoms. The smallest absolute Gasteiger partial charge is 0.253 e. The molecular weight excluding hydrogens is 236 g/mol. The molecular formula is C16H22N2O. The number of carbonyl (C=O) groups excluding carboxylic acids is 1. The summed E-state index contributed by atoms with van der Waals surface area (Å²) in [6, 6.07) is 8.17. The minimum absolute atomic E-state index is 0.160. The van der Waals surface area contributed by atoms with Gasteiger partial charge in [0, 0.05) is 25.2 Å². The quantitative estimate of drug-likeness (QED) is 0.881. The third-order valence-electron chi connectivity index (χ3n) is 4.41. The summed E-state index contributed by atoms with van der Waals surface area (Å²) in [7, 11) is 1.97. The van der Waals surface area contributed by atoms with Crippen LogP contribution in [0.2, 0.25) is 0 Å². The molecule has 2 aliphatic carbocycles. The highest BCUT2D eigenvalue weighted by atomic mass is 16.2. The highest BCUT2D eigenvalue weighted by Crippen LogP contribution is 2.47. The number of rotatable bonds is 5. The molecule has 1 aromatic rings. The van der Waals surface area contributed by atoms with E-state index in [1.54, 1.807) is 0 Å². The van der Waals surface area contributed by atoms with Crippen LogP contribution in [0.15, 0.2) is 24.3 Å². The summed E-state index contributed by atoms with van der Waals surface area (Å²) in [4.78, 5) is 14.5. The molecule has 0 atom stereocenters. The van der Waals surface area contributed by atoms with Crippen LogP contribution in [0.5, 0.6) is 0 Å². The van der Waals surface area contributed by atoms with Crippen LogP contribution in [0.1, 0.15) is 41.6 Å². The maximum atomic E-state index is 12.5. The van der Waals surface area contributed by atoms with Gasteiger partial charge in [-0.1, -0.05) is 12.1 Å². The van der Waals surface area contributed by atoms with Crippen LogP contribution in [-0.2, 0) is 6.54 Å². The fraction of sp³-hybridized carbons (Fsp3) is 0.562. The molecule has 0 unspecified atom stereocenters.